The van der Waals surface area contributed by atoms with Crippen molar-refractivity contribution in [1.82, 2.24) is 4.90 Å². The molecule has 1 unspecified atom stereocenters. The molecular weight excluding hydrogens is 208 g/mol. The van der Waals surface area contributed by atoms with Crippen molar-refractivity contribution < 1.29 is 14.3 Å². The van der Waals surface area contributed by atoms with Crippen LogP contribution in [0.25, 0.3) is 0 Å². The Morgan fingerprint density at radius 2 is 2.38 bits per heavy atom. The Morgan fingerprint density at radius 3 is 3.06 bits per heavy atom. The number of esters is 1. The van der Waals surface area contributed by atoms with Crippen LogP contribution in [0.3, 0.4) is 0 Å². The minimum absolute atomic E-state index is 0.156. The lowest BCUT2D eigenvalue weighted by molar-refractivity contribution is -0.146. The highest BCUT2D eigenvalue weighted by Crippen LogP contribution is 2.08. The van der Waals surface area contributed by atoms with Crippen molar-refractivity contribution >= 4 is 5.97 Å². The average Bonchev–Trinajstić information content (AvgIpc) is 2.30. The van der Waals surface area contributed by atoms with Crippen molar-refractivity contribution in [3.05, 3.63) is 12.2 Å². The van der Waals surface area contributed by atoms with Crippen LogP contribution >= 0.6 is 0 Å². The van der Waals surface area contributed by atoms with Gasteiger partial charge in [0, 0.05) is 26.2 Å². The molecule has 92 valence electrons. The Morgan fingerprint density at radius 1 is 1.56 bits per heavy atom. The second kappa shape index (κ2) is 7.38. The van der Waals surface area contributed by atoms with Gasteiger partial charge in [0.1, 0.15) is 6.61 Å². The normalized spacial score (nSPS) is 21.0. The van der Waals surface area contributed by atoms with E-state index in [2.05, 4.69) is 6.08 Å². The summed E-state index contributed by atoms with van der Waals surface area (Å²) in [5.74, 6) is -0.217. The lowest BCUT2D eigenvalue weighted by Gasteiger charge is -2.30. The fourth-order valence-electron chi connectivity index (χ4n) is 1.66. The van der Waals surface area contributed by atoms with E-state index in [1.54, 1.807) is 7.11 Å². The van der Waals surface area contributed by atoms with E-state index < -0.39 is 0 Å². The zero-order valence-electron chi connectivity index (χ0n) is 9.72. The van der Waals surface area contributed by atoms with E-state index >= 15 is 0 Å². The molecule has 5 nitrogen and oxygen atoms in total. The van der Waals surface area contributed by atoms with Gasteiger partial charge < -0.3 is 15.2 Å². The van der Waals surface area contributed by atoms with Gasteiger partial charge in [0.2, 0.25) is 0 Å². The van der Waals surface area contributed by atoms with Gasteiger partial charge in [0.25, 0.3) is 0 Å². The highest BCUT2D eigenvalue weighted by molar-refractivity contribution is 5.71. The number of hydrogen-bond donors (Lipinski definition) is 1. The summed E-state index contributed by atoms with van der Waals surface area (Å²) in [4.78, 5) is 13.5. The van der Waals surface area contributed by atoms with E-state index in [0.29, 0.717) is 26.3 Å². The third-order valence-electron chi connectivity index (χ3n) is 2.53. The molecule has 0 amide bonds. The molecule has 1 rings (SSSR count). The molecule has 16 heavy (non-hydrogen) atoms. The lowest BCUT2D eigenvalue weighted by Crippen LogP contribution is -2.44. The molecule has 0 fully saturated rings. The zero-order chi connectivity index (χ0) is 11.8. The van der Waals surface area contributed by atoms with Crippen LogP contribution < -0.4 is 5.73 Å². The molecule has 1 aliphatic rings. The summed E-state index contributed by atoms with van der Waals surface area (Å²) in [6.45, 7) is 2.44. The monoisotopic (exact) mass is 228 g/mol. The van der Waals surface area contributed by atoms with Gasteiger partial charge in [-0.1, -0.05) is 12.2 Å². The van der Waals surface area contributed by atoms with Crippen LogP contribution in [0.2, 0.25) is 0 Å². The van der Waals surface area contributed by atoms with Crippen LogP contribution in [0.1, 0.15) is 6.42 Å². The van der Waals surface area contributed by atoms with Crippen molar-refractivity contribution in [3.63, 3.8) is 0 Å². The summed E-state index contributed by atoms with van der Waals surface area (Å²) >= 11 is 0. The second-order valence-corrected chi connectivity index (χ2v) is 3.70. The van der Waals surface area contributed by atoms with Crippen LogP contribution in [0.4, 0.5) is 0 Å². The largest absolute Gasteiger partial charge is 0.462 e. The Balaban J connectivity index is 2.29. The number of ether oxygens (including phenoxy) is 2. The number of carbonyl (C=O) groups is 1. The molecule has 2 N–H and O–H groups in total. The fraction of sp³-hybridized carbons (Fsp3) is 0.727. The molecule has 0 saturated heterocycles. The molecule has 1 aliphatic heterocycles. The first-order chi connectivity index (χ1) is 7.77. The van der Waals surface area contributed by atoms with Gasteiger partial charge in [0.05, 0.1) is 13.2 Å². The van der Waals surface area contributed by atoms with Gasteiger partial charge in [-0.2, -0.15) is 0 Å². The molecule has 1 heterocycles. The maximum atomic E-state index is 11.5. The maximum absolute atomic E-state index is 11.5. The Kier molecular flexibility index (Phi) is 6.07. The fourth-order valence-corrected chi connectivity index (χ4v) is 1.66. The zero-order valence-corrected chi connectivity index (χ0v) is 9.72. The Bertz CT molecular complexity index is 243. The molecule has 1 atom stereocenters. The Labute approximate surface area is 96.2 Å². The number of methoxy groups -OCH3 is 1. The minimum Gasteiger partial charge on any atom is -0.462 e. The molecule has 0 saturated carbocycles. The quantitative estimate of drug-likeness (QED) is 0.386. The summed E-state index contributed by atoms with van der Waals surface area (Å²) in [7, 11) is 1.58. The van der Waals surface area contributed by atoms with E-state index in [-0.39, 0.29) is 12.0 Å². The van der Waals surface area contributed by atoms with Crippen molar-refractivity contribution in [2.24, 2.45) is 5.73 Å². The van der Waals surface area contributed by atoms with Crippen LogP contribution in [0.5, 0.6) is 0 Å². The third kappa shape index (κ3) is 4.30. The third-order valence-corrected chi connectivity index (χ3v) is 2.53. The highest BCUT2D eigenvalue weighted by atomic mass is 16.6. The molecule has 0 aliphatic carbocycles. The predicted molar refractivity (Wildman–Crippen MR) is 61.0 cm³/mol. The van der Waals surface area contributed by atoms with Gasteiger partial charge in [-0.15, -0.1) is 0 Å². The van der Waals surface area contributed by atoms with E-state index in [1.165, 1.54) is 0 Å². The van der Waals surface area contributed by atoms with Gasteiger partial charge in [-0.3, -0.25) is 9.69 Å². The molecule has 0 aromatic heterocycles. The summed E-state index contributed by atoms with van der Waals surface area (Å²) in [5.41, 5.74) is 5.63. The molecule has 0 aromatic rings. The summed E-state index contributed by atoms with van der Waals surface area (Å²) in [6, 6.07) is 0.156. The lowest BCUT2D eigenvalue weighted by atomic mass is 10.1. The van der Waals surface area contributed by atoms with Crippen LogP contribution in [-0.4, -0.2) is 56.9 Å². The number of carbonyl (C=O) groups excluding carboxylic acids is 1. The number of nitrogens with two attached hydrogens (primary N) is 1. The van der Waals surface area contributed by atoms with E-state index in [4.69, 9.17) is 15.2 Å². The molecule has 0 bridgehead atoms. The van der Waals surface area contributed by atoms with Crippen molar-refractivity contribution in [3.8, 4) is 0 Å². The van der Waals surface area contributed by atoms with Crippen LogP contribution in [0, 0.1) is 0 Å². The summed E-state index contributed by atoms with van der Waals surface area (Å²) < 4.78 is 9.81. The van der Waals surface area contributed by atoms with Crippen LogP contribution in [0.15, 0.2) is 12.2 Å². The topological polar surface area (TPSA) is 64.8 Å². The first kappa shape index (κ1) is 13.2. The van der Waals surface area contributed by atoms with E-state index in [9.17, 15) is 4.79 Å². The Hall–Kier alpha value is -0.910. The molecular formula is C11H20N2O3. The summed E-state index contributed by atoms with van der Waals surface area (Å²) in [5, 5.41) is 0. The smallest absolute Gasteiger partial charge is 0.320 e. The molecule has 0 radical (unpaired) electrons. The summed E-state index contributed by atoms with van der Waals surface area (Å²) in [6.07, 6.45) is 5.11. The average molecular weight is 228 g/mol. The first-order valence-corrected chi connectivity index (χ1v) is 5.53. The van der Waals surface area contributed by atoms with Gasteiger partial charge in [-0.05, 0) is 6.42 Å². The molecule has 5 heteroatoms. The maximum Gasteiger partial charge on any atom is 0.320 e. The van der Waals surface area contributed by atoms with E-state index in [1.807, 2.05) is 11.0 Å². The first-order valence-electron chi connectivity index (χ1n) is 5.53. The number of nitrogens with zero attached hydrogens (tertiary/aromatic N) is 1. The number of hydrogen-bond acceptors (Lipinski definition) is 5. The van der Waals surface area contributed by atoms with E-state index in [0.717, 1.165) is 13.0 Å². The van der Waals surface area contributed by atoms with Crippen molar-refractivity contribution in [2.75, 3.05) is 40.0 Å². The predicted octanol–water partition coefficient (Wildman–Crippen LogP) is -0.235. The van der Waals surface area contributed by atoms with Gasteiger partial charge >= 0.3 is 5.97 Å². The van der Waals surface area contributed by atoms with Crippen molar-refractivity contribution in [2.45, 2.75) is 12.5 Å². The molecule has 0 aromatic carbocycles. The highest BCUT2D eigenvalue weighted by Gasteiger charge is 2.20. The SMILES string of the molecule is COCCOC(=O)CN1CCC=CC1CN. The van der Waals surface area contributed by atoms with Gasteiger partial charge in [-0.25, -0.2) is 0 Å². The molecule has 0 spiro atoms. The van der Waals surface area contributed by atoms with Gasteiger partial charge in [0.15, 0.2) is 0 Å². The van der Waals surface area contributed by atoms with Crippen LogP contribution in [-0.2, 0) is 14.3 Å². The minimum atomic E-state index is -0.217. The van der Waals surface area contributed by atoms with Crippen molar-refractivity contribution in [1.29, 1.82) is 0 Å². The second-order valence-electron chi connectivity index (χ2n) is 3.70. The number of rotatable bonds is 6. The standard InChI is InChI=1S/C11H20N2O3/c1-15-6-7-16-11(14)9-13-5-3-2-4-10(13)8-12/h2,4,10H,3,5-9,12H2,1H3.